The van der Waals surface area contributed by atoms with Crippen molar-refractivity contribution >= 4 is 27.8 Å². The highest BCUT2D eigenvalue weighted by Crippen LogP contribution is 2.37. The second-order valence-corrected chi connectivity index (χ2v) is 8.04. The van der Waals surface area contributed by atoms with Crippen molar-refractivity contribution in [3.63, 3.8) is 0 Å². The van der Waals surface area contributed by atoms with Gasteiger partial charge in [0.1, 0.15) is 5.75 Å². The third-order valence-corrected chi connectivity index (χ3v) is 5.91. The lowest BCUT2D eigenvalue weighted by Crippen LogP contribution is -2.09. The molecule has 0 aromatic heterocycles. The lowest BCUT2D eigenvalue weighted by molar-refractivity contribution is 0.415. The van der Waals surface area contributed by atoms with Gasteiger partial charge in [0, 0.05) is 22.6 Å². The molecular weight excluding hydrogens is 414 g/mol. The molecular formula is C32H25NO. The largest absolute Gasteiger partial charge is 0.497 e. The summed E-state index contributed by atoms with van der Waals surface area (Å²) in [4.78, 5) is 2.28. The number of benzene rings is 5. The van der Waals surface area contributed by atoms with Crippen LogP contribution in [0.5, 0.6) is 5.75 Å². The predicted octanol–water partition coefficient (Wildman–Crippen LogP) is 8.36. The summed E-state index contributed by atoms with van der Waals surface area (Å²) in [5, 5.41) is 2.38. The van der Waals surface area contributed by atoms with Gasteiger partial charge in [-0.05, 0) is 89.5 Å². The molecule has 5 aromatic rings. The standard InChI is InChI=1S/C32H25NO/c1-3-10-26-23-31(34-2)19-20-32(26)27-16-15-25-22-30(18-17-24(25)21-27)33(28-11-6-4-7-12-28)29-13-8-5-9-14-29/h4-9,11-23H,1-2H3. The van der Waals surface area contributed by atoms with E-state index in [1.165, 1.54) is 10.8 Å². The molecule has 0 atom stereocenters. The number of rotatable bonds is 5. The summed E-state index contributed by atoms with van der Waals surface area (Å²) in [6.45, 7) is 1.86. The van der Waals surface area contributed by atoms with E-state index in [2.05, 4.69) is 108 Å². The van der Waals surface area contributed by atoms with E-state index in [0.29, 0.717) is 0 Å². The summed E-state index contributed by atoms with van der Waals surface area (Å²) in [6, 6.07) is 40.2. The lowest BCUT2D eigenvalue weighted by atomic mass is 9.96. The van der Waals surface area contributed by atoms with Gasteiger partial charge in [-0.15, -0.1) is 5.92 Å². The Labute approximate surface area is 201 Å². The van der Waals surface area contributed by atoms with Crippen molar-refractivity contribution in [2.75, 3.05) is 12.0 Å². The fourth-order valence-corrected chi connectivity index (χ4v) is 4.28. The molecule has 34 heavy (non-hydrogen) atoms. The van der Waals surface area contributed by atoms with Crippen LogP contribution in [0.2, 0.25) is 0 Å². The first-order valence-electron chi connectivity index (χ1n) is 11.3. The van der Waals surface area contributed by atoms with Gasteiger partial charge < -0.3 is 9.64 Å². The average molecular weight is 440 g/mol. The molecule has 164 valence electrons. The number of para-hydroxylation sites is 2. The zero-order valence-electron chi connectivity index (χ0n) is 19.3. The number of ether oxygens (including phenoxy) is 1. The van der Waals surface area contributed by atoms with Gasteiger partial charge in [-0.1, -0.05) is 60.5 Å². The van der Waals surface area contributed by atoms with E-state index in [1.54, 1.807) is 7.11 Å². The van der Waals surface area contributed by atoms with Crippen LogP contribution in [-0.4, -0.2) is 7.11 Å². The quantitative estimate of drug-likeness (QED) is 0.255. The molecule has 0 saturated carbocycles. The maximum atomic E-state index is 5.40. The summed E-state index contributed by atoms with van der Waals surface area (Å²) < 4.78 is 5.40. The van der Waals surface area contributed by atoms with Crippen molar-refractivity contribution in [3.8, 4) is 28.7 Å². The van der Waals surface area contributed by atoms with Gasteiger partial charge in [-0.3, -0.25) is 0 Å². The Morgan fingerprint density at radius 2 is 1.26 bits per heavy atom. The van der Waals surface area contributed by atoms with Crippen LogP contribution >= 0.6 is 0 Å². The van der Waals surface area contributed by atoms with E-state index in [-0.39, 0.29) is 0 Å². The fourth-order valence-electron chi connectivity index (χ4n) is 4.28. The van der Waals surface area contributed by atoms with Crippen molar-refractivity contribution in [2.24, 2.45) is 0 Å². The molecule has 0 radical (unpaired) electrons. The molecule has 0 spiro atoms. The normalized spacial score (nSPS) is 10.4. The first-order chi connectivity index (χ1) is 16.8. The van der Waals surface area contributed by atoms with Crippen LogP contribution in [0.4, 0.5) is 17.1 Å². The molecule has 0 aliphatic carbocycles. The topological polar surface area (TPSA) is 12.5 Å². The van der Waals surface area contributed by atoms with Crippen molar-refractivity contribution in [2.45, 2.75) is 6.92 Å². The second kappa shape index (κ2) is 9.57. The molecule has 0 fully saturated rings. The molecule has 0 aliphatic heterocycles. The maximum Gasteiger partial charge on any atom is 0.120 e. The zero-order chi connectivity index (χ0) is 23.3. The summed E-state index contributed by atoms with van der Waals surface area (Å²) in [5.41, 5.74) is 6.60. The van der Waals surface area contributed by atoms with Crippen LogP contribution in [0.1, 0.15) is 12.5 Å². The first kappa shape index (κ1) is 21.4. The Balaban J connectivity index is 1.59. The van der Waals surface area contributed by atoms with Crippen LogP contribution < -0.4 is 9.64 Å². The summed E-state index contributed by atoms with van der Waals surface area (Å²) in [7, 11) is 1.68. The molecule has 0 aliphatic rings. The Kier molecular flexibility index (Phi) is 6.01. The number of nitrogens with zero attached hydrogens (tertiary/aromatic N) is 1. The van der Waals surface area contributed by atoms with E-state index in [0.717, 1.165) is 39.5 Å². The highest BCUT2D eigenvalue weighted by molar-refractivity contribution is 5.92. The SMILES string of the molecule is CC#Cc1cc(OC)ccc1-c1ccc2cc(N(c3ccccc3)c3ccccc3)ccc2c1. The van der Waals surface area contributed by atoms with E-state index in [9.17, 15) is 0 Å². The second-order valence-electron chi connectivity index (χ2n) is 8.04. The lowest BCUT2D eigenvalue weighted by Gasteiger charge is -2.25. The highest BCUT2D eigenvalue weighted by atomic mass is 16.5. The maximum absolute atomic E-state index is 5.40. The van der Waals surface area contributed by atoms with Crippen molar-refractivity contribution < 1.29 is 4.74 Å². The average Bonchev–Trinajstić information content (AvgIpc) is 2.90. The monoisotopic (exact) mass is 439 g/mol. The number of hydrogen-bond donors (Lipinski definition) is 0. The minimum Gasteiger partial charge on any atom is -0.497 e. The molecule has 5 rings (SSSR count). The van der Waals surface area contributed by atoms with Gasteiger partial charge in [0.15, 0.2) is 0 Å². The third-order valence-electron chi connectivity index (χ3n) is 5.91. The van der Waals surface area contributed by atoms with E-state index < -0.39 is 0 Å². The van der Waals surface area contributed by atoms with Crippen LogP contribution in [0.25, 0.3) is 21.9 Å². The first-order valence-corrected chi connectivity index (χ1v) is 11.3. The van der Waals surface area contributed by atoms with Crippen LogP contribution in [0.3, 0.4) is 0 Å². The number of anilines is 3. The predicted molar refractivity (Wildman–Crippen MR) is 143 cm³/mol. The number of fused-ring (bicyclic) bond motifs is 1. The van der Waals surface area contributed by atoms with Crippen LogP contribution in [-0.2, 0) is 0 Å². The van der Waals surface area contributed by atoms with E-state index in [4.69, 9.17) is 4.74 Å². The Bertz CT molecular complexity index is 1460. The van der Waals surface area contributed by atoms with Crippen LogP contribution in [0, 0.1) is 11.8 Å². The minimum absolute atomic E-state index is 0.814. The summed E-state index contributed by atoms with van der Waals surface area (Å²) in [6.07, 6.45) is 0. The molecule has 2 nitrogen and oxygen atoms in total. The van der Waals surface area contributed by atoms with Crippen molar-refractivity contribution in [1.29, 1.82) is 0 Å². The van der Waals surface area contributed by atoms with Gasteiger partial charge in [-0.25, -0.2) is 0 Å². The number of hydrogen-bond acceptors (Lipinski definition) is 2. The Hall–Kier alpha value is -4.48. The minimum atomic E-state index is 0.814. The van der Waals surface area contributed by atoms with Gasteiger partial charge >= 0.3 is 0 Å². The van der Waals surface area contributed by atoms with E-state index in [1.807, 2.05) is 31.2 Å². The zero-order valence-corrected chi connectivity index (χ0v) is 19.3. The third kappa shape index (κ3) is 4.25. The number of methoxy groups -OCH3 is 1. The summed E-state index contributed by atoms with van der Waals surface area (Å²) >= 11 is 0. The van der Waals surface area contributed by atoms with Gasteiger partial charge in [-0.2, -0.15) is 0 Å². The molecule has 2 heteroatoms. The van der Waals surface area contributed by atoms with E-state index >= 15 is 0 Å². The van der Waals surface area contributed by atoms with Crippen LogP contribution in [0.15, 0.2) is 115 Å². The molecule has 0 amide bonds. The van der Waals surface area contributed by atoms with Crippen molar-refractivity contribution in [3.05, 3.63) is 121 Å². The Morgan fingerprint density at radius 3 is 1.91 bits per heavy atom. The smallest absolute Gasteiger partial charge is 0.120 e. The Morgan fingerprint density at radius 1 is 0.618 bits per heavy atom. The summed E-state index contributed by atoms with van der Waals surface area (Å²) in [5.74, 6) is 7.06. The van der Waals surface area contributed by atoms with Gasteiger partial charge in [0.2, 0.25) is 0 Å². The van der Waals surface area contributed by atoms with Gasteiger partial charge in [0.05, 0.1) is 7.11 Å². The molecule has 0 saturated heterocycles. The fraction of sp³-hybridized carbons (Fsp3) is 0.0625. The molecule has 5 aromatic carbocycles. The van der Waals surface area contributed by atoms with Crippen molar-refractivity contribution in [1.82, 2.24) is 0 Å². The van der Waals surface area contributed by atoms with Gasteiger partial charge in [0.25, 0.3) is 0 Å². The molecule has 0 heterocycles. The highest BCUT2D eigenvalue weighted by Gasteiger charge is 2.13. The molecule has 0 unspecified atom stereocenters. The molecule has 0 bridgehead atoms. The molecule has 0 N–H and O–H groups in total.